The fraction of sp³-hybridized carbons (Fsp3) is 0.571. The summed E-state index contributed by atoms with van der Waals surface area (Å²) in [7, 11) is 0.571. The molecule has 0 bridgehead atoms. The molecule has 126 valence electrons. The molecule has 0 amide bonds. The highest BCUT2D eigenvalue weighted by atomic mass is 31.2. The van der Waals surface area contributed by atoms with E-state index in [1.165, 1.54) is 27.4 Å². The Balaban J connectivity index is 2.94. The third kappa shape index (κ3) is 4.88. The second-order valence-electron chi connectivity index (χ2n) is 5.29. The maximum atomic E-state index is 12.3. The number of phosphoric ester groups is 1. The van der Waals surface area contributed by atoms with Gasteiger partial charge in [-0.05, 0) is 26.8 Å². The van der Waals surface area contributed by atoms with Gasteiger partial charge in [0.25, 0.3) is 0 Å². The monoisotopic (exact) mass is 334 g/mol. The number of furan rings is 1. The third-order valence-corrected chi connectivity index (χ3v) is 4.12. The molecule has 0 radical (unpaired) electrons. The summed E-state index contributed by atoms with van der Waals surface area (Å²) in [5.41, 5.74) is 0.0201. The molecule has 0 saturated heterocycles. The summed E-state index contributed by atoms with van der Waals surface area (Å²) >= 11 is 0. The van der Waals surface area contributed by atoms with Crippen molar-refractivity contribution < 1.29 is 32.0 Å². The van der Waals surface area contributed by atoms with E-state index in [-0.39, 0.29) is 6.61 Å². The van der Waals surface area contributed by atoms with Crippen molar-refractivity contribution >= 4 is 20.5 Å². The van der Waals surface area contributed by atoms with Crippen LogP contribution in [0.5, 0.6) is 11.5 Å². The summed E-state index contributed by atoms with van der Waals surface area (Å²) in [6.07, 6.45) is 1.54. The second kappa shape index (κ2) is 7.33. The van der Waals surface area contributed by atoms with Crippen LogP contribution in [0.2, 0.25) is 0 Å². The van der Waals surface area contributed by atoms with Crippen LogP contribution in [0.3, 0.4) is 0 Å². The van der Waals surface area contributed by atoms with Gasteiger partial charge >= 0.3 is 7.82 Å². The lowest BCUT2D eigenvalue weighted by molar-refractivity contribution is 0.0576. The standard InChI is InChI=1S/C14H23O7P/c1-10-12(16-5)13(17-6)11(20-10)8-9-19-22(15,18-7)21-14(2,3)4/h8H,1,9H2,2-7H3/b11-8+. The quantitative estimate of drug-likeness (QED) is 0.707. The second-order valence-corrected chi connectivity index (χ2v) is 6.99. The fourth-order valence-electron chi connectivity index (χ4n) is 1.65. The Labute approximate surface area is 130 Å². The van der Waals surface area contributed by atoms with E-state index in [9.17, 15) is 4.57 Å². The molecule has 0 aliphatic rings. The van der Waals surface area contributed by atoms with Gasteiger partial charge in [-0.15, -0.1) is 0 Å². The van der Waals surface area contributed by atoms with Crippen LogP contribution in [0.1, 0.15) is 20.8 Å². The molecule has 0 saturated carbocycles. The summed E-state index contributed by atoms with van der Waals surface area (Å²) < 4.78 is 43.4. The molecule has 1 rings (SSSR count). The number of hydrogen-bond acceptors (Lipinski definition) is 7. The molecule has 1 heterocycles. The minimum Gasteiger partial charge on any atom is -0.490 e. The van der Waals surface area contributed by atoms with Crippen LogP contribution in [0.4, 0.5) is 0 Å². The lowest BCUT2D eigenvalue weighted by atomic mass is 10.2. The number of hydrogen-bond donors (Lipinski definition) is 0. The maximum absolute atomic E-state index is 12.3. The van der Waals surface area contributed by atoms with E-state index in [4.69, 9.17) is 27.5 Å². The van der Waals surface area contributed by atoms with Gasteiger partial charge in [0.2, 0.25) is 11.5 Å². The van der Waals surface area contributed by atoms with Crippen LogP contribution in [-0.4, -0.2) is 33.5 Å². The lowest BCUT2D eigenvalue weighted by Crippen LogP contribution is -2.19. The highest BCUT2D eigenvalue weighted by Gasteiger charge is 2.31. The molecular weight excluding hydrogens is 311 g/mol. The van der Waals surface area contributed by atoms with Crippen molar-refractivity contribution in [3.63, 3.8) is 0 Å². The molecule has 0 aliphatic heterocycles. The summed E-state index contributed by atoms with van der Waals surface area (Å²) in [5.74, 6) is 0.787. The van der Waals surface area contributed by atoms with Crippen LogP contribution in [0.15, 0.2) is 4.42 Å². The largest absolute Gasteiger partial charge is 0.490 e. The van der Waals surface area contributed by atoms with Gasteiger partial charge in [0.1, 0.15) is 0 Å². The average Bonchev–Trinajstić information content (AvgIpc) is 2.71. The lowest BCUT2D eigenvalue weighted by Gasteiger charge is -2.24. The topological polar surface area (TPSA) is 76.4 Å². The first-order chi connectivity index (χ1) is 10.2. The minimum atomic E-state index is -3.65. The molecule has 7 nitrogen and oxygen atoms in total. The zero-order valence-corrected chi connectivity index (χ0v) is 14.7. The summed E-state index contributed by atoms with van der Waals surface area (Å²) in [6.45, 7) is 8.90. The predicted octanol–water partition coefficient (Wildman–Crippen LogP) is 2.07. The highest BCUT2D eigenvalue weighted by molar-refractivity contribution is 7.48. The molecule has 0 fully saturated rings. The smallest absolute Gasteiger partial charge is 0.475 e. The van der Waals surface area contributed by atoms with Crippen LogP contribution in [0, 0.1) is 0 Å². The zero-order chi connectivity index (χ0) is 17.0. The molecule has 1 aromatic heterocycles. The van der Waals surface area contributed by atoms with Crippen molar-refractivity contribution in [3.05, 3.63) is 10.8 Å². The summed E-state index contributed by atoms with van der Waals surface area (Å²) in [5, 5.41) is 0. The number of ether oxygens (including phenoxy) is 2. The van der Waals surface area contributed by atoms with Gasteiger partial charge < -0.3 is 13.9 Å². The van der Waals surface area contributed by atoms with Gasteiger partial charge in [0.05, 0.1) is 26.4 Å². The number of methoxy groups -OCH3 is 2. The van der Waals surface area contributed by atoms with Crippen molar-refractivity contribution in [2.45, 2.75) is 26.4 Å². The summed E-state index contributed by atoms with van der Waals surface area (Å²) in [4.78, 5) is 0. The van der Waals surface area contributed by atoms with Crippen molar-refractivity contribution in [1.29, 1.82) is 0 Å². The average molecular weight is 334 g/mol. The Kier molecular flexibility index (Phi) is 6.26. The maximum Gasteiger partial charge on any atom is 0.475 e. The molecule has 8 heteroatoms. The first-order valence-corrected chi connectivity index (χ1v) is 8.03. The van der Waals surface area contributed by atoms with Crippen molar-refractivity contribution in [2.24, 2.45) is 0 Å². The first-order valence-electron chi connectivity index (χ1n) is 6.56. The molecule has 0 aromatic carbocycles. The molecule has 0 aliphatic carbocycles. The highest BCUT2D eigenvalue weighted by Crippen LogP contribution is 2.51. The van der Waals surface area contributed by atoms with Gasteiger partial charge in [-0.25, -0.2) is 4.57 Å². The number of rotatable bonds is 7. The van der Waals surface area contributed by atoms with Crippen LogP contribution in [0.25, 0.3) is 12.7 Å². The van der Waals surface area contributed by atoms with Crippen molar-refractivity contribution in [1.82, 2.24) is 0 Å². The van der Waals surface area contributed by atoms with Gasteiger partial charge in [-0.2, -0.15) is 0 Å². The Morgan fingerprint density at radius 3 is 2.23 bits per heavy atom. The summed E-state index contributed by atoms with van der Waals surface area (Å²) in [6, 6.07) is 0. The Hall–Kier alpha value is -1.27. The molecule has 0 N–H and O–H groups in total. The van der Waals surface area contributed by atoms with Gasteiger partial charge in [-0.1, -0.05) is 6.58 Å². The fourth-order valence-corrected chi connectivity index (χ4v) is 2.81. The van der Waals surface area contributed by atoms with E-state index in [1.807, 2.05) is 0 Å². The Morgan fingerprint density at radius 1 is 1.18 bits per heavy atom. The molecule has 1 atom stereocenters. The normalized spacial score (nSPS) is 15.6. The van der Waals surface area contributed by atoms with E-state index >= 15 is 0 Å². The molecule has 0 spiro atoms. The van der Waals surface area contributed by atoms with Gasteiger partial charge in [-0.3, -0.25) is 13.6 Å². The molecule has 1 aromatic rings. The van der Waals surface area contributed by atoms with Gasteiger partial charge in [0, 0.05) is 7.11 Å². The van der Waals surface area contributed by atoms with Crippen LogP contribution < -0.4 is 20.3 Å². The Bertz CT molecular complexity index is 641. The molecule has 22 heavy (non-hydrogen) atoms. The molecular formula is C14H23O7P. The van der Waals surface area contributed by atoms with E-state index in [2.05, 4.69) is 6.58 Å². The van der Waals surface area contributed by atoms with Gasteiger partial charge in [0.15, 0.2) is 10.8 Å². The van der Waals surface area contributed by atoms with Crippen LogP contribution >= 0.6 is 7.82 Å². The van der Waals surface area contributed by atoms with E-state index in [1.54, 1.807) is 20.8 Å². The van der Waals surface area contributed by atoms with Crippen molar-refractivity contribution in [2.75, 3.05) is 27.9 Å². The third-order valence-electron chi connectivity index (χ3n) is 2.44. The zero-order valence-electron chi connectivity index (χ0n) is 13.8. The Morgan fingerprint density at radius 2 is 1.77 bits per heavy atom. The predicted molar refractivity (Wildman–Crippen MR) is 82.5 cm³/mol. The number of phosphoric acid groups is 1. The molecule has 1 unspecified atom stereocenters. The van der Waals surface area contributed by atoms with E-state index < -0.39 is 13.4 Å². The van der Waals surface area contributed by atoms with Crippen molar-refractivity contribution in [3.8, 4) is 11.5 Å². The van der Waals surface area contributed by atoms with Crippen LogP contribution in [-0.2, 0) is 18.1 Å². The van der Waals surface area contributed by atoms with E-state index in [0.717, 1.165) is 0 Å². The minimum absolute atomic E-state index is 0.0618. The van der Waals surface area contributed by atoms with E-state index in [0.29, 0.717) is 22.3 Å². The first kappa shape index (κ1) is 18.8. The SMILES string of the molecule is C=c1o/c(=C/COP(=O)(OC)OC(C)(C)C)c(OC)c1OC.